The second-order valence-corrected chi connectivity index (χ2v) is 5.67. The summed E-state index contributed by atoms with van der Waals surface area (Å²) in [5, 5.41) is 0. The van der Waals surface area contributed by atoms with E-state index >= 15 is 0 Å². The first-order valence-electron chi connectivity index (χ1n) is 8.02. The van der Waals surface area contributed by atoms with Crippen molar-refractivity contribution in [3.05, 3.63) is 95.6 Å². The lowest BCUT2D eigenvalue weighted by Gasteiger charge is -2.19. The van der Waals surface area contributed by atoms with E-state index in [1.165, 1.54) is 0 Å². The Bertz CT molecular complexity index is 835. The minimum absolute atomic E-state index is 0.171. The molecule has 124 valence electrons. The van der Waals surface area contributed by atoms with E-state index in [9.17, 15) is 4.79 Å². The first-order valence-corrected chi connectivity index (χ1v) is 8.02. The van der Waals surface area contributed by atoms with Crippen LogP contribution in [-0.2, 0) is 4.74 Å². The molecule has 3 aromatic carbocycles. The van der Waals surface area contributed by atoms with Gasteiger partial charge in [0.2, 0.25) is 6.79 Å². The molecule has 0 saturated carbocycles. The van der Waals surface area contributed by atoms with Crippen LogP contribution >= 0.6 is 0 Å². The zero-order valence-electron chi connectivity index (χ0n) is 13.4. The maximum atomic E-state index is 12.7. The van der Waals surface area contributed by atoms with Crippen LogP contribution in [0.15, 0.2) is 78.9 Å². The standard InChI is InChI=1S/C21H16O4/c22-21(17-11-12-18-19(13-17)24-14-23-18)25-20(15-7-3-1-4-8-15)16-9-5-2-6-10-16/h1-13,20H,14H2. The molecule has 4 heteroatoms. The van der Waals surface area contributed by atoms with E-state index in [0.717, 1.165) is 11.1 Å². The van der Waals surface area contributed by atoms with Crippen LogP contribution < -0.4 is 9.47 Å². The highest BCUT2D eigenvalue weighted by atomic mass is 16.7. The van der Waals surface area contributed by atoms with Crippen molar-refractivity contribution in [3.63, 3.8) is 0 Å². The number of esters is 1. The van der Waals surface area contributed by atoms with Crippen LogP contribution in [0.5, 0.6) is 11.5 Å². The van der Waals surface area contributed by atoms with Crippen molar-refractivity contribution in [1.29, 1.82) is 0 Å². The molecule has 0 atom stereocenters. The molecule has 1 heterocycles. The summed E-state index contributed by atoms with van der Waals surface area (Å²) in [5.74, 6) is 0.792. The van der Waals surface area contributed by atoms with Gasteiger partial charge in [-0.3, -0.25) is 0 Å². The fourth-order valence-electron chi connectivity index (χ4n) is 2.78. The number of carbonyl (C=O) groups is 1. The van der Waals surface area contributed by atoms with Gasteiger partial charge in [-0.2, -0.15) is 0 Å². The lowest BCUT2D eigenvalue weighted by Crippen LogP contribution is -2.13. The van der Waals surface area contributed by atoms with Crippen molar-refractivity contribution in [1.82, 2.24) is 0 Å². The van der Waals surface area contributed by atoms with Gasteiger partial charge >= 0.3 is 5.97 Å². The predicted octanol–water partition coefficient (Wildman–Crippen LogP) is 4.36. The van der Waals surface area contributed by atoms with E-state index in [2.05, 4.69) is 0 Å². The second kappa shape index (κ2) is 6.69. The van der Waals surface area contributed by atoms with Crippen LogP contribution in [0.2, 0.25) is 0 Å². The maximum Gasteiger partial charge on any atom is 0.339 e. The Balaban J connectivity index is 1.63. The van der Waals surface area contributed by atoms with E-state index in [1.807, 2.05) is 60.7 Å². The summed E-state index contributed by atoms with van der Waals surface area (Å²) in [6.07, 6.45) is -0.472. The number of carbonyl (C=O) groups excluding carboxylic acids is 1. The molecule has 0 spiro atoms. The van der Waals surface area contributed by atoms with Gasteiger partial charge in [0.25, 0.3) is 0 Å². The lowest BCUT2D eigenvalue weighted by molar-refractivity contribution is 0.0377. The minimum Gasteiger partial charge on any atom is -0.454 e. The maximum absolute atomic E-state index is 12.7. The number of rotatable bonds is 4. The van der Waals surface area contributed by atoms with Gasteiger partial charge < -0.3 is 14.2 Å². The van der Waals surface area contributed by atoms with Crippen molar-refractivity contribution >= 4 is 5.97 Å². The van der Waals surface area contributed by atoms with Gasteiger partial charge in [0.15, 0.2) is 17.6 Å². The minimum atomic E-state index is -0.472. The van der Waals surface area contributed by atoms with E-state index in [4.69, 9.17) is 14.2 Å². The Labute approximate surface area is 145 Å². The van der Waals surface area contributed by atoms with Gasteiger partial charge in [-0.25, -0.2) is 4.79 Å². The zero-order valence-corrected chi connectivity index (χ0v) is 13.4. The average molecular weight is 332 g/mol. The molecular formula is C21H16O4. The Hall–Kier alpha value is -3.27. The van der Waals surface area contributed by atoms with Crippen LogP contribution in [0.4, 0.5) is 0 Å². The summed E-state index contributed by atoms with van der Waals surface area (Å²) in [7, 11) is 0. The summed E-state index contributed by atoms with van der Waals surface area (Å²) in [6, 6.07) is 24.4. The van der Waals surface area contributed by atoms with Crippen molar-refractivity contribution < 1.29 is 19.0 Å². The highest BCUT2D eigenvalue weighted by molar-refractivity contribution is 5.90. The SMILES string of the molecule is O=C(OC(c1ccccc1)c1ccccc1)c1ccc2c(c1)OCO2. The van der Waals surface area contributed by atoms with E-state index in [1.54, 1.807) is 18.2 Å². The number of hydrogen-bond donors (Lipinski definition) is 0. The molecular weight excluding hydrogens is 316 g/mol. The number of hydrogen-bond acceptors (Lipinski definition) is 4. The zero-order chi connectivity index (χ0) is 17.1. The molecule has 0 unspecified atom stereocenters. The summed E-state index contributed by atoms with van der Waals surface area (Å²) in [6.45, 7) is 0.171. The van der Waals surface area contributed by atoms with Gasteiger partial charge in [0, 0.05) is 0 Å². The summed E-state index contributed by atoms with van der Waals surface area (Å²) in [4.78, 5) is 12.7. The first kappa shape index (κ1) is 15.3. The van der Waals surface area contributed by atoms with Crippen molar-refractivity contribution in [2.45, 2.75) is 6.10 Å². The number of ether oxygens (including phenoxy) is 3. The third-order valence-electron chi connectivity index (χ3n) is 4.04. The highest BCUT2D eigenvalue weighted by Gasteiger charge is 2.22. The van der Waals surface area contributed by atoms with Crippen LogP contribution in [-0.4, -0.2) is 12.8 Å². The lowest BCUT2D eigenvalue weighted by atomic mass is 10.0. The van der Waals surface area contributed by atoms with E-state index in [-0.39, 0.29) is 6.79 Å². The van der Waals surface area contributed by atoms with Crippen molar-refractivity contribution in [3.8, 4) is 11.5 Å². The Morgan fingerprint density at radius 1 is 0.800 bits per heavy atom. The molecule has 0 saturated heterocycles. The molecule has 4 nitrogen and oxygen atoms in total. The monoisotopic (exact) mass is 332 g/mol. The van der Waals surface area contributed by atoms with Crippen LogP contribution in [0.25, 0.3) is 0 Å². The quantitative estimate of drug-likeness (QED) is 0.666. The molecule has 0 bridgehead atoms. The molecule has 25 heavy (non-hydrogen) atoms. The Morgan fingerprint density at radius 2 is 1.40 bits per heavy atom. The fourth-order valence-corrected chi connectivity index (χ4v) is 2.78. The highest BCUT2D eigenvalue weighted by Crippen LogP contribution is 2.34. The average Bonchev–Trinajstić information content (AvgIpc) is 3.15. The topological polar surface area (TPSA) is 44.8 Å². The van der Waals surface area contributed by atoms with Gasteiger partial charge in [-0.15, -0.1) is 0 Å². The normalized spacial score (nSPS) is 12.2. The van der Waals surface area contributed by atoms with Gasteiger partial charge in [-0.1, -0.05) is 60.7 Å². The van der Waals surface area contributed by atoms with Gasteiger partial charge in [-0.05, 0) is 29.3 Å². The predicted molar refractivity (Wildman–Crippen MR) is 92.7 cm³/mol. The molecule has 0 N–H and O–H groups in total. The number of benzene rings is 3. The van der Waals surface area contributed by atoms with Crippen LogP contribution in [0.3, 0.4) is 0 Å². The smallest absolute Gasteiger partial charge is 0.339 e. The van der Waals surface area contributed by atoms with Crippen LogP contribution in [0.1, 0.15) is 27.6 Å². The summed E-state index contributed by atoms with van der Waals surface area (Å²) < 4.78 is 16.4. The molecule has 1 aliphatic rings. The molecule has 1 aliphatic heterocycles. The molecule has 0 amide bonds. The van der Waals surface area contributed by atoms with E-state index in [0.29, 0.717) is 17.1 Å². The van der Waals surface area contributed by atoms with E-state index < -0.39 is 12.1 Å². The molecule has 3 aromatic rings. The first-order chi connectivity index (χ1) is 12.3. The second-order valence-electron chi connectivity index (χ2n) is 5.67. The Morgan fingerprint density at radius 3 is 2.04 bits per heavy atom. The van der Waals surface area contributed by atoms with Crippen molar-refractivity contribution in [2.24, 2.45) is 0 Å². The van der Waals surface area contributed by atoms with Crippen molar-refractivity contribution in [2.75, 3.05) is 6.79 Å². The molecule has 4 rings (SSSR count). The van der Waals surface area contributed by atoms with Gasteiger partial charge in [0.05, 0.1) is 5.56 Å². The van der Waals surface area contributed by atoms with Gasteiger partial charge in [0.1, 0.15) is 0 Å². The fraction of sp³-hybridized carbons (Fsp3) is 0.0952. The summed E-state index contributed by atoms with van der Waals surface area (Å²) >= 11 is 0. The van der Waals surface area contributed by atoms with Crippen LogP contribution in [0, 0.1) is 0 Å². The Kier molecular flexibility index (Phi) is 4.09. The molecule has 0 radical (unpaired) electrons. The molecule has 0 aliphatic carbocycles. The number of fused-ring (bicyclic) bond motifs is 1. The third-order valence-corrected chi connectivity index (χ3v) is 4.04. The molecule has 0 fully saturated rings. The third kappa shape index (κ3) is 3.19. The largest absolute Gasteiger partial charge is 0.454 e. The summed E-state index contributed by atoms with van der Waals surface area (Å²) in [5.41, 5.74) is 2.27. The molecule has 0 aromatic heterocycles.